The molecule has 3 N–H and O–H groups in total. The lowest BCUT2D eigenvalue weighted by molar-refractivity contribution is -0.147. The second-order valence-corrected chi connectivity index (χ2v) is 11.8. The van der Waals surface area contributed by atoms with Crippen LogP contribution in [0.2, 0.25) is 0 Å². The van der Waals surface area contributed by atoms with Crippen molar-refractivity contribution in [1.29, 1.82) is 0 Å². The Morgan fingerprint density at radius 1 is 1.02 bits per heavy atom. The Morgan fingerprint density at radius 2 is 1.72 bits per heavy atom. The average Bonchev–Trinajstić information content (AvgIpc) is 3.60. The molecule has 2 saturated heterocycles. The van der Waals surface area contributed by atoms with Gasteiger partial charge in [0.15, 0.2) is 0 Å². The normalized spacial score (nSPS) is 17.1. The summed E-state index contributed by atoms with van der Waals surface area (Å²) in [4.78, 5) is 62.7. The van der Waals surface area contributed by atoms with Crippen LogP contribution >= 0.6 is 0 Å². The maximum atomic E-state index is 14.1. The minimum Gasteiger partial charge on any atom is -0.497 e. The highest BCUT2D eigenvalue weighted by molar-refractivity contribution is 5.96. The number of nitrogens with one attached hydrogen (secondary N) is 1. The molecule has 2 fully saturated rings. The number of esters is 1. The summed E-state index contributed by atoms with van der Waals surface area (Å²) in [6.07, 6.45) is 4.52. The molecule has 2 aliphatic rings. The first-order valence-electron chi connectivity index (χ1n) is 15.3. The van der Waals surface area contributed by atoms with Crippen molar-refractivity contribution in [1.82, 2.24) is 24.7 Å². The molecule has 13 heteroatoms. The van der Waals surface area contributed by atoms with Gasteiger partial charge in [-0.3, -0.25) is 19.2 Å². The monoisotopic (exact) mass is 631 g/mol. The largest absolute Gasteiger partial charge is 0.497 e. The number of carbonyl (C=O) groups excluding carboxylic acids is 4. The Kier molecular flexibility index (Phi) is 9.90. The van der Waals surface area contributed by atoms with Gasteiger partial charge in [0.2, 0.25) is 11.8 Å². The molecular weight excluding hydrogens is 590 g/mol. The summed E-state index contributed by atoms with van der Waals surface area (Å²) < 4.78 is 11.9. The van der Waals surface area contributed by atoms with E-state index >= 15 is 0 Å². The average molecular weight is 632 g/mol. The molecule has 0 saturated carbocycles. The number of likely N-dealkylation sites (tertiary alicyclic amines) is 1. The number of hydrogen-bond donors (Lipinski definition) is 2. The van der Waals surface area contributed by atoms with Gasteiger partial charge in [0.25, 0.3) is 5.91 Å². The van der Waals surface area contributed by atoms with Crippen LogP contribution in [0.25, 0.3) is 0 Å². The van der Waals surface area contributed by atoms with Crippen LogP contribution in [0.5, 0.6) is 5.75 Å². The molecule has 3 aromatic rings. The van der Waals surface area contributed by atoms with Crippen LogP contribution < -0.4 is 20.7 Å². The third kappa shape index (κ3) is 6.84. The van der Waals surface area contributed by atoms with Gasteiger partial charge in [-0.25, -0.2) is 4.98 Å². The van der Waals surface area contributed by atoms with Crippen molar-refractivity contribution in [2.24, 2.45) is 12.8 Å². The smallest absolute Gasteiger partial charge is 0.325 e. The standard InChI is InChI=1S/C33H41N7O6/c1-37-21-35-19-25(37)18-27(34)30(42)36-28(17-23-9-11-26(45-2)12-10-23)31(43)38-15-13-33(14-16-38)32(44)39(20-29(41)46-3)22-40(33)24-7-5-4-6-8-24/h4-12,19,21,27-28H,13-18,20,22,34H2,1-3H3,(H,36,42)/t27-,28+/m0/s1. The highest BCUT2D eigenvalue weighted by Gasteiger charge is 2.54. The number of anilines is 1. The number of nitrogens with two attached hydrogens (primary N) is 1. The molecule has 2 atom stereocenters. The fraction of sp³-hybridized carbons (Fsp3) is 0.424. The second-order valence-electron chi connectivity index (χ2n) is 11.8. The number of methoxy groups -OCH3 is 2. The number of carbonyl (C=O) groups is 4. The highest BCUT2D eigenvalue weighted by Crippen LogP contribution is 2.39. The van der Waals surface area contributed by atoms with E-state index in [0.29, 0.717) is 18.6 Å². The molecule has 46 heavy (non-hydrogen) atoms. The van der Waals surface area contributed by atoms with Crippen molar-refractivity contribution in [3.05, 3.63) is 78.4 Å². The zero-order valence-electron chi connectivity index (χ0n) is 26.4. The van der Waals surface area contributed by atoms with Crippen LogP contribution in [-0.2, 0) is 43.8 Å². The molecule has 1 spiro atoms. The topological polar surface area (TPSA) is 152 Å². The molecule has 2 aliphatic heterocycles. The molecule has 0 unspecified atom stereocenters. The lowest BCUT2D eigenvalue weighted by Crippen LogP contribution is -2.60. The summed E-state index contributed by atoms with van der Waals surface area (Å²) in [6, 6.07) is 15.1. The number of ether oxygens (including phenoxy) is 2. The maximum absolute atomic E-state index is 14.1. The van der Waals surface area contributed by atoms with Gasteiger partial charge in [0.05, 0.1) is 33.3 Å². The first-order valence-corrected chi connectivity index (χ1v) is 15.3. The van der Waals surface area contributed by atoms with E-state index < -0.39 is 29.5 Å². The molecule has 2 aromatic carbocycles. The first kappa shape index (κ1) is 32.5. The van der Waals surface area contributed by atoms with Gasteiger partial charge in [0.1, 0.15) is 23.9 Å². The quantitative estimate of drug-likeness (QED) is 0.294. The van der Waals surface area contributed by atoms with E-state index in [1.54, 1.807) is 41.2 Å². The zero-order valence-corrected chi connectivity index (χ0v) is 26.4. The number of piperidine rings is 1. The van der Waals surface area contributed by atoms with E-state index in [9.17, 15) is 19.2 Å². The number of rotatable bonds is 11. The summed E-state index contributed by atoms with van der Waals surface area (Å²) in [5.74, 6) is -0.681. The van der Waals surface area contributed by atoms with Gasteiger partial charge >= 0.3 is 5.97 Å². The number of aromatic nitrogens is 2. The lowest BCUT2D eigenvalue weighted by Gasteiger charge is -2.44. The molecule has 3 heterocycles. The molecular formula is C33H41N7O6. The zero-order chi connectivity index (χ0) is 32.8. The summed E-state index contributed by atoms with van der Waals surface area (Å²) in [7, 11) is 4.70. The number of hydrogen-bond acceptors (Lipinski definition) is 9. The molecule has 0 aliphatic carbocycles. The maximum Gasteiger partial charge on any atom is 0.325 e. The summed E-state index contributed by atoms with van der Waals surface area (Å²) in [6.45, 7) is 0.654. The molecule has 0 radical (unpaired) electrons. The van der Waals surface area contributed by atoms with E-state index in [2.05, 4.69) is 10.3 Å². The number of benzene rings is 2. The number of aryl methyl sites for hydroxylation is 1. The van der Waals surface area contributed by atoms with Crippen molar-refractivity contribution in [3.63, 3.8) is 0 Å². The van der Waals surface area contributed by atoms with Crippen LogP contribution in [0, 0.1) is 0 Å². The molecule has 3 amide bonds. The van der Waals surface area contributed by atoms with Gasteiger partial charge in [-0.1, -0.05) is 30.3 Å². The SMILES string of the molecule is COC(=O)CN1CN(c2ccccc2)C2(CCN(C(=O)[C@@H](Cc3ccc(OC)cc3)NC(=O)[C@@H](N)Cc3cncn3C)CC2)C1=O. The molecule has 244 valence electrons. The fourth-order valence-electron chi connectivity index (χ4n) is 6.24. The van der Waals surface area contributed by atoms with Gasteiger partial charge in [-0.05, 0) is 42.7 Å². The number of imidazole rings is 1. The second kappa shape index (κ2) is 14.0. The van der Waals surface area contributed by atoms with E-state index in [1.165, 1.54) is 12.0 Å². The van der Waals surface area contributed by atoms with Crippen LogP contribution in [0.3, 0.4) is 0 Å². The number of amides is 3. The summed E-state index contributed by atoms with van der Waals surface area (Å²) >= 11 is 0. The van der Waals surface area contributed by atoms with Crippen LogP contribution in [0.1, 0.15) is 24.1 Å². The Morgan fingerprint density at radius 3 is 2.33 bits per heavy atom. The summed E-state index contributed by atoms with van der Waals surface area (Å²) in [5.41, 5.74) is 7.85. The van der Waals surface area contributed by atoms with Crippen LogP contribution in [0.15, 0.2) is 67.1 Å². The van der Waals surface area contributed by atoms with E-state index in [1.807, 2.05) is 54.4 Å². The van der Waals surface area contributed by atoms with E-state index in [0.717, 1.165) is 16.9 Å². The number of nitrogens with zero attached hydrogens (tertiary/aromatic N) is 5. The lowest BCUT2D eigenvalue weighted by atomic mass is 9.85. The van der Waals surface area contributed by atoms with Crippen molar-refractivity contribution < 1.29 is 28.7 Å². The van der Waals surface area contributed by atoms with Crippen LogP contribution in [0.4, 0.5) is 5.69 Å². The van der Waals surface area contributed by atoms with Gasteiger partial charge in [-0.15, -0.1) is 0 Å². The van der Waals surface area contributed by atoms with Crippen molar-refractivity contribution in [2.75, 3.05) is 45.4 Å². The number of para-hydroxylation sites is 1. The molecule has 0 bridgehead atoms. The Hall–Kier alpha value is -4.91. The predicted molar refractivity (Wildman–Crippen MR) is 170 cm³/mol. The van der Waals surface area contributed by atoms with E-state index in [-0.39, 0.29) is 51.0 Å². The molecule has 1 aromatic heterocycles. The Bertz CT molecular complexity index is 1540. The minimum atomic E-state index is -0.924. The van der Waals surface area contributed by atoms with Crippen molar-refractivity contribution >= 4 is 29.4 Å². The van der Waals surface area contributed by atoms with Crippen molar-refractivity contribution in [2.45, 2.75) is 43.3 Å². The fourth-order valence-corrected chi connectivity index (χ4v) is 6.24. The minimum absolute atomic E-state index is 0.155. The highest BCUT2D eigenvalue weighted by atomic mass is 16.5. The first-order chi connectivity index (χ1) is 22.1. The Balaban J connectivity index is 1.34. The van der Waals surface area contributed by atoms with E-state index in [4.69, 9.17) is 15.2 Å². The molecule has 13 nitrogen and oxygen atoms in total. The van der Waals surface area contributed by atoms with Crippen LogP contribution in [-0.4, -0.2) is 101 Å². The summed E-state index contributed by atoms with van der Waals surface area (Å²) in [5, 5.41) is 2.91. The van der Waals surface area contributed by atoms with Gasteiger partial charge in [-0.2, -0.15) is 0 Å². The van der Waals surface area contributed by atoms with Gasteiger partial charge < -0.3 is 39.8 Å². The van der Waals surface area contributed by atoms with Gasteiger partial charge in [0, 0.05) is 50.6 Å². The third-order valence-electron chi connectivity index (χ3n) is 8.93. The predicted octanol–water partition coefficient (Wildman–Crippen LogP) is 0.867. The Labute approximate surface area is 268 Å². The third-order valence-corrected chi connectivity index (χ3v) is 8.93. The molecule has 5 rings (SSSR count). The van der Waals surface area contributed by atoms with Crippen molar-refractivity contribution in [3.8, 4) is 5.75 Å².